The molecule has 168 valence electrons. The summed E-state index contributed by atoms with van der Waals surface area (Å²) < 4.78 is 13.3. The van der Waals surface area contributed by atoms with Crippen molar-refractivity contribution in [2.75, 3.05) is 5.75 Å². The van der Waals surface area contributed by atoms with E-state index in [1.54, 1.807) is 31.2 Å². The molecular weight excluding hydrogens is 458 g/mol. The van der Waals surface area contributed by atoms with E-state index in [0.29, 0.717) is 15.8 Å². The molecule has 1 unspecified atom stereocenters. The highest BCUT2D eigenvalue weighted by atomic mass is 35.5. The predicted molar refractivity (Wildman–Crippen MR) is 127 cm³/mol. The molecule has 0 spiro atoms. The van der Waals surface area contributed by atoms with Crippen molar-refractivity contribution in [1.29, 1.82) is 0 Å². The maximum absolute atomic E-state index is 13.3. The Bertz CT molecular complexity index is 917. The molecule has 0 aliphatic heterocycles. The Balaban J connectivity index is 2.09. The second-order valence-electron chi connectivity index (χ2n) is 8.30. The molecule has 0 radical (unpaired) electrons. The van der Waals surface area contributed by atoms with E-state index in [1.807, 2.05) is 26.8 Å². The van der Waals surface area contributed by atoms with Crippen LogP contribution in [0.3, 0.4) is 0 Å². The lowest BCUT2D eigenvalue weighted by atomic mass is 10.1. The van der Waals surface area contributed by atoms with Crippen molar-refractivity contribution in [2.24, 2.45) is 0 Å². The summed E-state index contributed by atoms with van der Waals surface area (Å²) in [7, 11) is 0. The molecule has 4 nitrogen and oxygen atoms in total. The van der Waals surface area contributed by atoms with Gasteiger partial charge in [-0.15, -0.1) is 11.8 Å². The quantitative estimate of drug-likeness (QED) is 0.522. The van der Waals surface area contributed by atoms with Crippen molar-refractivity contribution in [2.45, 2.75) is 51.6 Å². The fraction of sp³-hybridized carbons (Fsp3) is 0.391. The topological polar surface area (TPSA) is 49.4 Å². The van der Waals surface area contributed by atoms with E-state index in [9.17, 15) is 14.0 Å². The standard InChI is InChI=1S/C23H27Cl2FN2O2S/c1-15(22(30)27-23(2,3)4)28(12-16-5-8-18(26)9-6-16)21(29)14-31-13-17-7-10-19(24)20(25)11-17/h5-11,15H,12-14H2,1-4H3,(H,27,30). The first-order valence-electron chi connectivity index (χ1n) is 9.84. The van der Waals surface area contributed by atoms with Gasteiger partial charge in [0.15, 0.2) is 0 Å². The lowest BCUT2D eigenvalue weighted by Gasteiger charge is -2.31. The molecular formula is C23H27Cl2FN2O2S. The first-order valence-corrected chi connectivity index (χ1v) is 11.7. The van der Waals surface area contributed by atoms with Gasteiger partial charge in [-0.05, 0) is 63.1 Å². The Morgan fingerprint density at radius 2 is 1.68 bits per heavy atom. The Morgan fingerprint density at radius 1 is 1.06 bits per heavy atom. The number of thioether (sulfide) groups is 1. The van der Waals surface area contributed by atoms with Crippen molar-refractivity contribution in [1.82, 2.24) is 10.2 Å². The van der Waals surface area contributed by atoms with Gasteiger partial charge in [-0.25, -0.2) is 4.39 Å². The molecule has 2 rings (SSSR count). The number of nitrogens with one attached hydrogen (secondary N) is 1. The Hall–Kier alpha value is -1.76. The minimum Gasteiger partial charge on any atom is -0.350 e. The summed E-state index contributed by atoms with van der Waals surface area (Å²) in [6.45, 7) is 7.57. The molecule has 0 bridgehead atoms. The first kappa shape index (κ1) is 25.5. The number of halogens is 3. The molecule has 2 aromatic carbocycles. The van der Waals surface area contributed by atoms with Crippen molar-refractivity contribution < 1.29 is 14.0 Å². The zero-order valence-electron chi connectivity index (χ0n) is 18.0. The van der Waals surface area contributed by atoms with E-state index in [1.165, 1.54) is 28.8 Å². The monoisotopic (exact) mass is 484 g/mol. The lowest BCUT2D eigenvalue weighted by molar-refractivity contribution is -0.139. The van der Waals surface area contributed by atoms with E-state index in [4.69, 9.17) is 23.2 Å². The second kappa shape index (κ2) is 11.2. The van der Waals surface area contributed by atoms with E-state index in [-0.39, 0.29) is 29.9 Å². The van der Waals surface area contributed by atoms with E-state index in [0.717, 1.165) is 11.1 Å². The normalized spacial score (nSPS) is 12.4. The summed E-state index contributed by atoms with van der Waals surface area (Å²) in [5.74, 6) is 0.00480. The van der Waals surface area contributed by atoms with Crippen LogP contribution in [0.4, 0.5) is 4.39 Å². The lowest BCUT2D eigenvalue weighted by Crippen LogP contribution is -2.52. The van der Waals surface area contributed by atoms with Crippen LogP contribution in [-0.2, 0) is 21.9 Å². The van der Waals surface area contributed by atoms with Crippen LogP contribution < -0.4 is 5.32 Å². The average Bonchev–Trinajstić information content (AvgIpc) is 2.68. The highest BCUT2D eigenvalue weighted by Crippen LogP contribution is 2.25. The van der Waals surface area contributed by atoms with Crippen molar-refractivity contribution in [3.8, 4) is 0 Å². The number of carbonyl (C=O) groups is 2. The first-order chi connectivity index (χ1) is 14.5. The van der Waals surface area contributed by atoms with Crippen LogP contribution in [-0.4, -0.2) is 34.0 Å². The molecule has 2 aromatic rings. The summed E-state index contributed by atoms with van der Waals surface area (Å²) in [6, 6.07) is 10.6. The summed E-state index contributed by atoms with van der Waals surface area (Å²) >= 11 is 13.4. The summed E-state index contributed by atoms with van der Waals surface area (Å²) in [5.41, 5.74) is 1.29. The molecule has 1 N–H and O–H groups in total. The van der Waals surface area contributed by atoms with Gasteiger partial charge in [0.25, 0.3) is 0 Å². The minimum absolute atomic E-state index is 0.175. The molecule has 31 heavy (non-hydrogen) atoms. The Morgan fingerprint density at radius 3 is 2.26 bits per heavy atom. The summed E-state index contributed by atoms with van der Waals surface area (Å²) in [6.07, 6.45) is 0. The van der Waals surface area contributed by atoms with Gasteiger partial charge in [0.2, 0.25) is 11.8 Å². The SMILES string of the molecule is CC(C(=O)NC(C)(C)C)N(Cc1ccc(F)cc1)C(=O)CSCc1ccc(Cl)c(Cl)c1. The number of amides is 2. The number of rotatable bonds is 8. The molecule has 0 aromatic heterocycles. The van der Waals surface area contributed by atoms with Gasteiger partial charge in [0.05, 0.1) is 15.8 Å². The highest BCUT2D eigenvalue weighted by Gasteiger charge is 2.28. The van der Waals surface area contributed by atoms with Gasteiger partial charge in [0.1, 0.15) is 11.9 Å². The van der Waals surface area contributed by atoms with Crippen LogP contribution in [0, 0.1) is 5.82 Å². The third-order valence-electron chi connectivity index (χ3n) is 4.41. The van der Waals surface area contributed by atoms with Crippen molar-refractivity contribution in [3.63, 3.8) is 0 Å². The maximum atomic E-state index is 13.3. The van der Waals surface area contributed by atoms with E-state index < -0.39 is 11.6 Å². The van der Waals surface area contributed by atoms with Crippen LogP contribution in [0.25, 0.3) is 0 Å². The molecule has 0 fully saturated rings. The molecule has 0 heterocycles. The van der Waals surface area contributed by atoms with Gasteiger partial charge < -0.3 is 10.2 Å². The number of nitrogens with zero attached hydrogens (tertiary/aromatic N) is 1. The molecule has 8 heteroatoms. The predicted octanol–water partition coefficient (Wildman–Crippen LogP) is 5.70. The Labute approximate surface area is 197 Å². The van der Waals surface area contributed by atoms with E-state index in [2.05, 4.69) is 5.32 Å². The number of benzene rings is 2. The third-order valence-corrected chi connectivity index (χ3v) is 6.14. The molecule has 1 atom stereocenters. The number of hydrogen-bond donors (Lipinski definition) is 1. The second-order valence-corrected chi connectivity index (χ2v) is 10.1. The van der Waals surface area contributed by atoms with Crippen LogP contribution in [0.15, 0.2) is 42.5 Å². The smallest absolute Gasteiger partial charge is 0.242 e. The number of carbonyl (C=O) groups excluding carboxylic acids is 2. The minimum atomic E-state index is -0.678. The maximum Gasteiger partial charge on any atom is 0.242 e. The fourth-order valence-electron chi connectivity index (χ4n) is 2.81. The molecule has 0 aliphatic rings. The third kappa shape index (κ3) is 8.36. The highest BCUT2D eigenvalue weighted by molar-refractivity contribution is 7.99. The largest absolute Gasteiger partial charge is 0.350 e. The number of hydrogen-bond acceptors (Lipinski definition) is 3. The van der Waals surface area contributed by atoms with Crippen LogP contribution in [0.5, 0.6) is 0 Å². The van der Waals surface area contributed by atoms with Crippen molar-refractivity contribution in [3.05, 3.63) is 69.5 Å². The summed E-state index contributed by atoms with van der Waals surface area (Å²) in [5, 5.41) is 3.87. The fourth-order valence-corrected chi connectivity index (χ4v) is 3.99. The van der Waals surface area contributed by atoms with Gasteiger partial charge in [0, 0.05) is 17.8 Å². The molecule has 2 amide bonds. The van der Waals surface area contributed by atoms with Gasteiger partial charge in [-0.2, -0.15) is 0 Å². The van der Waals surface area contributed by atoms with Crippen LogP contribution in [0.1, 0.15) is 38.8 Å². The van der Waals surface area contributed by atoms with Crippen molar-refractivity contribution >= 4 is 46.8 Å². The van der Waals surface area contributed by atoms with Crippen LogP contribution in [0.2, 0.25) is 10.0 Å². The molecule has 0 saturated heterocycles. The van der Waals surface area contributed by atoms with Gasteiger partial charge >= 0.3 is 0 Å². The summed E-state index contributed by atoms with van der Waals surface area (Å²) in [4.78, 5) is 27.3. The van der Waals surface area contributed by atoms with Gasteiger partial charge in [-0.3, -0.25) is 9.59 Å². The molecule has 0 saturated carbocycles. The van der Waals surface area contributed by atoms with E-state index >= 15 is 0 Å². The zero-order valence-corrected chi connectivity index (χ0v) is 20.4. The average molecular weight is 485 g/mol. The molecule has 0 aliphatic carbocycles. The zero-order chi connectivity index (χ0) is 23.2. The Kier molecular flexibility index (Phi) is 9.22. The van der Waals surface area contributed by atoms with Gasteiger partial charge in [-0.1, -0.05) is 41.4 Å². The van der Waals surface area contributed by atoms with Crippen LogP contribution >= 0.6 is 35.0 Å².